The van der Waals surface area contributed by atoms with Crippen molar-refractivity contribution < 1.29 is 14.4 Å². The van der Waals surface area contributed by atoms with E-state index in [-0.39, 0.29) is 29.7 Å². The van der Waals surface area contributed by atoms with Gasteiger partial charge in [0.25, 0.3) is 5.91 Å². The minimum Gasteiger partial charge on any atom is -0.356 e. The Labute approximate surface area is 234 Å². The Bertz CT molecular complexity index is 1610. The summed E-state index contributed by atoms with van der Waals surface area (Å²) >= 11 is 0. The number of benzene rings is 3. The summed E-state index contributed by atoms with van der Waals surface area (Å²) in [4.78, 5) is 46.4. The lowest BCUT2D eigenvalue weighted by Gasteiger charge is -2.38. The summed E-state index contributed by atoms with van der Waals surface area (Å²) in [5.74, 6) is -0.775. The van der Waals surface area contributed by atoms with Gasteiger partial charge in [-0.3, -0.25) is 14.4 Å². The van der Waals surface area contributed by atoms with Crippen LogP contribution in [0.1, 0.15) is 64.6 Å². The summed E-state index contributed by atoms with van der Waals surface area (Å²) in [5.41, 5.74) is 6.65. The molecule has 0 saturated carbocycles. The lowest BCUT2D eigenvalue weighted by Crippen LogP contribution is -2.58. The zero-order valence-electron chi connectivity index (χ0n) is 23.0. The average molecular weight is 535 g/mol. The van der Waals surface area contributed by atoms with E-state index < -0.39 is 12.1 Å². The lowest BCUT2D eigenvalue weighted by molar-refractivity contribution is -0.133. The van der Waals surface area contributed by atoms with Gasteiger partial charge in [0, 0.05) is 35.1 Å². The van der Waals surface area contributed by atoms with Crippen LogP contribution in [0.5, 0.6) is 0 Å². The standard InChI is InChI=1S/C33H34N4O3/c1-4-20(3)28(32(39)34-18-21-15-13-19(2)14-16-21)36-31(38)27-17-25-22-9-7-8-12-26(22)35-29(25)30-23-10-5-6-11-24(23)33(40)37(27)30/h5-16,20,27-28,30,35H,4,17-18H2,1-3H3,(H,34,39)(H,36,38). The molecule has 4 aromatic rings. The molecule has 3 N–H and O–H groups in total. The van der Waals surface area contributed by atoms with E-state index in [0.717, 1.165) is 45.3 Å². The minimum atomic E-state index is -0.743. The summed E-state index contributed by atoms with van der Waals surface area (Å²) in [6.45, 7) is 6.38. The van der Waals surface area contributed by atoms with E-state index in [1.165, 1.54) is 0 Å². The number of carbonyl (C=O) groups excluding carboxylic acids is 3. The highest BCUT2D eigenvalue weighted by atomic mass is 16.2. The maximum atomic E-state index is 14.1. The predicted molar refractivity (Wildman–Crippen MR) is 155 cm³/mol. The number of aryl methyl sites for hydroxylation is 1. The maximum absolute atomic E-state index is 14.1. The monoisotopic (exact) mass is 534 g/mol. The first-order chi connectivity index (χ1) is 19.4. The highest BCUT2D eigenvalue weighted by Gasteiger charge is 2.49. The average Bonchev–Trinajstić information content (AvgIpc) is 3.50. The van der Waals surface area contributed by atoms with Crippen molar-refractivity contribution in [1.29, 1.82) is 0 Å². The third-order valence-electron chi connectivity index (χ3n) is 8.54. The van der Waals surface area contributed by atoms with Gasteiger partial charge in [0.1, 0.15) is 12.1 Å². The van der Waals surface area contributed by atoms with Gasteiger partial charge in [0.05, 0.1) is 6.04 Å². The molecule has 7 nitrogen and oxygen atoms in total. The fourth-order valence-electron chi connectivity index (χ4n) is 6.09. The number of para-hydroxylation sites is 1. The van der Waals surface area contributed by atoms with Gasteiger partial charge in [0.15, 0.2) is 0 Å². The third-order valence-corrected chi connectivity index (χ3v) is 8.54. The van der Waals surface area contributed by atoms with Crippen LogP contribution in [0, 0.1) is 12.8 Å². The molecule has 0 spiro atoms. The zero-order chi connectivity index (χ0) is 28.0. The molecule has 0 aliphatic carbocycles. The summed E-state index contributed by atoms with van der Waals surface area (Å²) in [6.07, 6.45) is 1.09. The van der Waals surface area contributed by atoms with Crippen LogP contribution in [-0.4, -0.2) is 39.7 Å². The number of amides is 3. The molecule has 3 heterocycles. The number of rotatable bonds is 7. The number of nitrogens with one attached hydrogen (secondary N) is 3. The van der Waals surface area contributed by atoms with Crippen molar-refractivity contribution in [1.82, 2.24) is 20.5 Å². The number of nitrogens with zero attached hydrogens (tertiary/aromatic N) is 1. The molecule has 204 valence electrons. The number of aromatic amines is 1. The van der Waals surface area contributed by atoms with Gasteiger partial charge < -0.3 is 20.5 Å². The van der Waals surface area contributed by atoms with E-state index in [0.29, 0.717) is 18.5 Å². The first kappa shape index (κ1) is 25.9. The van der Waals surface area contributed by atoms with Gasteiger partial charge in [-0.05, 0) is 41.7 Å². The SMILES string of the molecule is CCC(C)C(NC(=O)C1Cc2c([nH]c3ccccc23)C2c3ccccc3C(=O)N12)C(=O)NCc1ccc(C)cc1. The molecule has 0 fully saturated rings. The highest BCUT2D eigenvalue weighted by Crippen LogP contribution is 2.46. The Kier molecular flexibility index (Phi) is 6.66. The summed E-state index contributed by atoms with van der Waals surface area (Å²) in [6, 6.07) is 21.8. The molecular weight excluding hydrogens is 500 g/mol. The second kappa shape index (κ2) is 10.3. The van der Waals surface area contributed by atoms with Gasteiger partial charge in [-0.1, -0.05) is 86.5 Å². The Balaban J connectivity index is 1.31. The van der Waals surface area contributed by atoms with Crippen molar-refractivity contribution in [3.8, 4) is 0 Å². The molecule has 3 aromatic carbocycles. The fourth-order valence-corrected chi connectivity index (χ4v) is 6.09. The first-order valence-electron chi connectivity index (χ1n) is 14.0. The van der Waals surface area contributed by atoms with Crippen LogP contribution < -0.4 is 10.6 Å². The molecule has 3 amide bonds. The summed E-state index contributed by atoms with van der Waals surface area (Å²) in [7, 11) is 0. The van der Waals surface area contributed by atoms with Gasteiger partial charge in [-0.15, -0.1) is 0 Å². The molecule has 4 unspecified atom stereocenters. The first-order valence-corrected chi connectivity index (χ1v) is 14.0. The Morgan fingerprint density at radius 2 is 1.75 bits per heavy atom. The highest BCUT2D eigenvalue weighted by molar-refractivity contribution is 6.04. The third kappa shape index (κ3) is 4.35. The zero-order valence-corrected chi connectivity index (χ0v) is 23.0. The van der Waals surface area contributed by atoms with Crippen LogP contribution in [0.2, 0.25) is 0 Å². The van der Waals surface area contributed by atoms with Crippen LogP contribution in [0.25, 0.3) is 10.9 Å². The molecule has 6 rings (SSSR count). The van der Waals surface area contributed by atoms with E-state index >= 15 is 0 Å². The van der Waals surface area contributed by atoms with Crippen molar-refractivity contribution >= 4 is 28.6 Å². The number of fused-ring (bicyclic) bond motifs is 7. The molecule has 7 heteroatoms. The van der Waals surface area contributed by atoms with Gasteiger partial charge in [0.2, 0.25) is 11.8 Å². The lowest BCUT2D eigenvalue weighted by atomic mass is 9.89. The van der Waals surface area contributed by atoms with E-state index in [1.54, 1.807) is 4.90 Å². The molecule has 2 aliphatic rings. The van der Waals surface area contributed by atoms with E-state index in [4.69, 9.17) is 0 Å². The molecule has 40 heavy (non-hydrogen) atoms. The number of H-pyrrole nitrogens is 1. The number of hydrogen-bond acceptors (Lipinski definition) is 3. The molecular formula is C33H34N4O3. The van der Waals surface area contributed by atoms with Gasteiger partial charge in [-0.2, -0.15) is 0 Å². The van der Waals surface area contributed by atoms with Crippen molar-refractivity contribution in [3.05, 3.63) is 106 Å². The second-order valence-electron chi connectivity index (χ2n) is 11.1. The van der Waals surface area contributed by atoms with Crippen molar-refractivity contribution in [2.75, 3.05) is 0 Å². The van der Waals surface area contributed by atoms with Crippen LogP contribution in [-0.2, 0) is 22.6 Å². The van der Waals surface area contributed by atoms with Gasteiger partial charge >= 0.3 is 0 Å². The molecule has 2 aliphatic heterocycles. The van der Waals surface area contributed by atoms with Crippen LogP contribution in [0.15, 0.2) is 72.8 Å². The minimum absolute atomic E-state index is 0.0866. The van der Waals surface area contributed by atoms with E-state index in [9.17, 15) is 14.4 Å². The fraction of sp³-hybridized carbons (Fsp3) is 0.303. The predicted octanol–water partition coefficient (Wildman–Crippen LogP) is 4.79. The Morgan fingerprint density at radius 1 is 1.02 bits per heavy atom. The largest absolute Gasteiger partial charge is 0.356 e. The quantitative estimate of drug-likeness (QED) is 0.318. The molecule has 0 bridgehead atoms. The van der Waals surface area contributed by atoms with Crippen molar-refractivity contribution in [2.45, 2.75) is 58.3 Å². The smallest absolute Gasteiger partial charge is 0.255 e. The topological polar surface area (TPSA) is 94.3 Å². The molecule has 0 saturated heterocycles. The molecule has 1 aromatic heterocycles. The molecule has 0 radical (unpaired) electrons. The van der Waals surface area contributed by atoms with Crippen LogP contribution in [0.4, 0.5) is 0 Å². The van der Waals surface area contributed by atoms with Crippen LogP contribution >= 0.6 is 0 Å². The normalized spacial score (nSPS) is 19.0. The van der Waals surface area contributed by atoms with E-state index in [1.807, 2.05) is 87.5 Å². The van der Waals surface area contributed by atoms with Crippen molar-refractivity contribution in [3.63, 3.8) is 0 Å². The maximum Gasteiger partial charge on any atom is 0.255 e. The van der Waals surface area contributed by atoms with Gasteiger partial charge in [-0.25, -0.2) is 0 Å². The van der Waals surface area contributed by atoms with Crippen molar-refractivity contribution in [2.24, 2.45) is 5.92 Å². The Hall–Kier alpha value is -4.39. The summed E-state index contributed by atoms with van der Waals surface area (Å²) in [5, 5.41) is 7.12. The number of hydrogen-bond donors (Lipinski definition) is 3. The molecule has 4 atom stereocenters. The Morgan fingerprint density at radius 3 is 2.52 bits per heavy atom. The number of aromatic nitrogens is 1. The number of carbonyl (C=O) groups is 3. The van der Waals surface area contributed by atoms with Crippen LogP contribution in [0.3, 0.4) is 0 Å². The second-order valence-corrected chi connectivity index (χ2v) is 11.1. The summed E-state index contributed by atoms with van der Waals surface area (Å²) < 4.78 is 0. The van der Waals surface area contributed by atoms with E-state index in [2.05, 4.69) is 21.7 Å².